The van der Waals surface area contributed by atoms with Gasteiger partial charge in [-0.2, -0.15) is 0 Å². The third-order valence-corrected chi connectivity index (χ3v) is 4.25. The minimum atomic E-state index is -0.0288. The Morgan fingerprint density at radius 3 is 2.75 bits per heavy atom. The van der Waals surface area contributed by atoms with E-state index in [9.17, 15) is 5.11 Å². The molecule has 1 saturated carbocycles. The molecule has 0 atom stereocenters. The van der Waals surface area contributed by atoms with E-state index in [0.717, 1.165) is 25.3 Å². The number of aliphatic hydroxyl groups is 1. The molecule has 2 nitrogen and oxygen atoms in total. The second kappa shape index (κ2) is 5.80. The van der Waals surface area contributed by atoms with Gasteiger partial charge in [-0.3, -0.25) is 0 Å². The average Bonchev–Trinajstić information content (AvgIpc) is 2.74. The molecule has 0 unspecified atom stereocenters. The molecule has 0 aliphatic heterocycles. The summed E-state index contributed by atoms with van der Waals surface area (Å²) in [7, 11) is 2.20. The maximum atomic E-state index is 9.46. The first-order valence-corrected chi connectivity index (χ1v) is 7.01. The molecule has 2 rings (SSSR count). The molecule has 1 fully saturated rings. The fraction of sp³-hybridized carbons (Fsp3) is 0.692. The average molecular weight is 239 g/mol. The lowest BCUT2D eigenvalue weighted by Crippen LogP contribution is -2.29. The molecule has 1 aliphatic carbocycles. The van der Waals surface area contributed by atoms with E-state index in [2.05, 4.69) is 29.5 Å². The van der Waals surface area contributed by atoms with Gasteiger partial charge in [0.05, 0.1) is 6.10 Å². The predicted molar refractivity (Wildman–Crippen MR) is 68.6 cm³/mol. The van der Waals surface area contributed by atoms with Crippen molar-refractivity contribution in [2.75, 3.05) is 13.6 Å². The van der Waals surface area contributed by atoms with Crippen molar-refractivity contribution in [2.45, 2.75) is 38.3 Å². The molecule has 1 aromatic heterocycles. The number of nitrogens with zero attached hydrogens (tertiary/aromatic N) is 1. The Labute approximate surface area is 102 Å². The highest BCUT2D eigenvalue weighted by molar-refractivity contribution is 7.09. The summed E-state index contributed by atoms with van der Waals surface area (Å²) in [5.41, 5.74) is 0. The third kappa shape index (κ3) is 3.58. The number of aliphatic hydroxyl groups excluding tert-OH is 1. The van der Waals surface area contributed by atoms with Gasteiger partial charge in [0.25, 0.3) is 0 Å². The van der Waals surface area contributed by atoms with Crippen molar-refractivity contribution in [3.63, 3.8) is 0 Å². The van der Waals surface area contributed by atoms with Crippen LogP contribution in [0, 0.1) is 5.92 Å². The van der Waals surface area contributed by atoms with Crippen LogP contribution in [0.25, 0.3) is 0 Å². The number of thiophene rings is 1. The standard InChI is InChI=1S/C13H21NOS/c1-14(10-13-3-2-8-16-13)9-11-4-6-12(15)7-5-11/h2-3,8,11-12,15H,4-7,9-10H2,1H3. The van der Waals surface area contributed by atoms with E-state index in [4.69, 9.17) is 0 Å². The normalized spacial score (nSPS) is 26.2. The highest BCUT2D eigenvalue weighted by Crippen LogP contribution is 2.25. The molecule has 1 heterocycles. The molecule has 0 amide bonds. The van der Waals surface area contributed by atoms with Crippen LogP contribution in [-0.2, 0) is 6.54 Å². The van der Waals surface area contributed by atoms with E-state index in [1.54, 1.807) is 0 Å². The van der Waals surface area contributed by atoms with Crippen LogP contribution in [0.5, 0.6) is 0 Å². The Bertz CT molecular complexity index is 291. The highest BCUT2D eigenvalue weighted by Gasteiger charge is 2.20. The molecule has 1 aromatic rings. The predicted octanol–water partition coefficient (Wildman–Crippen LogP) is 2.73. The fourth-order valence-corrected chi connectivity index (χ4v) is 3.29. The Kier molecular flexibility index (Phi) is 4.38. The van der Waals surface area contributed by atoms with Crippen LogP contribution in [0.3, 0.4) is 0 Å². The molecule has 0 bridgehead atoms. The number of hydrogen-bond acceptors (Lipinski definition) is 3. The van der Waals surface area contributed by atoms with Crippen molar-refractivity contribution < 1.29 is 5.11 Å². The minimum Gasteiger partial charge on any atom is -0.393 e. The number of rotatable bonds is 4. The Morgan fingerprint density at radius 1 is 1.38 bits per heavy atom. The summed E-state index contributed by atoms with van der Waals surface area (Å²) in [5.74, 6) is 0.786. The van der Waals surface area contributed by atoms with Crippen molar-refractivity contribution >= 4 is 11.3 Å². The van der Waals surface area contributed by atoms with Crippen molar-refractivity contribution in [1.29, 1.82) is 0 Å². The van der Waals surface area contributed by atoms with Crippen LogP contribution < -0.4 is 0 Å². The van der Waals surface area contributed by atoms with Crippen molar-refractivity contribution in [1.82, 2.24) is 4.90 Å². The maximum Gasteiger partial charge on any atom is 0.0540 e. The van der Waals surface area contributed by atoms with Gasteiger partial charge in [-0.25, -0.2) is 0 Å². The molecule has 0 spiro atoms. The Hall–Kier alpha value is -0.380. The molecule has 1 aliphatic rings. The van der Waals surface area contributed by atoms with Crippen molar-refractivity contribution in [3.8, 4) is 0 Å². The van der Waals surface area contributed by atoms with Gasteiger partial charge in [-0.15, -0.1) is 11.3 Å². The van der Waals surface area contributed by atoms with Crippen molar-refractivity contribution in [3.05, 3.63) is 22.4 Å². The lowest BCUT2D eigenvalue weighted by molar-refractivity contribution is 0.0969. The largest absolute Gasteiger partial charge is 0.393 e. The van der Waals surface area contributed by atoms with Gasteiger partial charge in [0.15, 0.2) is 0 Å². The summed E-state index contributed by atoms with van der Waals surface area (Å²) in [6, 6.07) is 4.32. The fourth-order valence-electron chi connectivity index (χ4n) is 2.50. The zero-order valence-corrected chi connectivity index (χ0v) is 10.7. The van der Waals surface area contributed by atoms with Crippen LogP contribution in [0.4, 0.5) is 0 Å². The van der Waals surface area contributed by atoms with E-state index < -0.39 is 0 Å². The van der Waals surface area contributed by atoms with Gasteiger partial charge < -0.3 is 10.0 Å². The van der Waals surface area contributed by atoms with E-state index in [1.807, 2.05) is 11.3 Å². The van der Waals surface area contributed by atoms with Crippen LogP contribution in [0.2, 0.25) is 0 Å². The summed E-state index contributed by atoms with van der Waals surface area (Å²) < 4.78 is 0. The zero-order chi connectivity index (χ0) is 11.4. The molecule has 3 heteroatoms. The highest BCUT2D eigenvalue weighted by atomic mass is 32.1. The van der Waals surface area contributed by atoms with Crippen LogP contribution in [0.15, 0.2) is 17.5 Å². The first-order chi connectivity index (χ1) is 7.74. The summed E-state index contributed by atoms with van der Waals surface area (Å²) in [6.07, 6.45) is 4.35. The minimum absolute atomic E-state index is 0.0288. The lowest BCUT2D eigenvalue weighted by Gasteiger charge is -2.29. The van der Waals surface area contributed by atoms with Crippen molar-refractivity contribution in [2.24, 2.45) is 5.92 Å². The molecule has 1 N–H and O–H groups in total. The topological polar surface area (TPSA) is 23.5 Å². The smallest absolute Gasteiger partial charge is 0.0540 e. The molecular weight excluding hydrogens is 218 g/mol. The van der Waals surface area contributed by atoms with Crippen LogP contribution in [-0.4, -0.2) is 29.7 Å². The maximum absolute atomic E-state index is 9.46. The first-order valence-electron chi connectivity index (χ1n) is 6.13. The van der Waals surface area contributed by atoms with E-state index in [-0.39, 0.29) is 6.10 Å². The molecule has 16 heavy (non-hydrogen) atoms. The van der Waals surface area contributed by atoms with E-state index in [0.29, 0.717) is 0 Å². The van der Waals surface area contributed by atoms with Gasteiger partial charge in [0.2, 0.25) is 0 Å². The van der Waals surface area contributed by atoms with Crippen LogP contribution in [0.1, 0.15) is 30.6 Å². The first kappa shape index (κ1) is 12.1. The second-order valence-electron chi connectivity index (χ2n) is 4.95. The van der Waals surface area contributed by atoms with E-state index in [1.165, 1.54) is 24.3 Å². The summed E-state index contributed by atoms with van der Waals surface area (Å²) in [4.78, 5) is 3.85. The molecule has 0 radical (unpaired) electrons. The van der Waals surface area contributed by atoms with Gasteiger partial charge in [0, 0.05) is 18.0 Å². The summed E-state index contributed by atoms with van der Waals surface area (Å²) >= 11 is 1.83. The molecule has 90 valence electrons. The Balaban J connectivity index is 1.72. The second-order valence-corrected chi connectivity index (χ2v) is 5.98. The third-order valence-electron chi connectivity index (χ3n) is 3.39. The zero-order valence-electron chi connectivity index (χ0n) is 9.93. The summed E-state index contributed by atoms with van der Waals surface area (Å²) in [6.45, 7) is 2.24. The van der Waals surface area contributed by atoms with Gasteiger partial charge in [-0.1, -0.05) is 6.07 Å². The molecular formula is C13H21NOS. The SMILES string of the molecule is CN(Cc1cccs1)CC1CCC(O)CC1. The molecule has 0 aromatic carbocycles. The van der Waals surface area contributed by atoms with E-state index >= 15 is 0 Å². The lowest BCUT2D eigenvalue weighted by atomic mass is 9.87. The van der Waals surface area contributed by atoms with Gasteiger partial charge in [0.1, 0.15) is 0 Å². The monoisotopic (exact) mass is 239 g/mol. The van der Waals surface area contributed by atoms with Gasteiger partial charge in [-0.05, 0) is 50.1 Å². The molecule has 0 saturated heterocycles. The number of hydrogen-bond donors (Lipinski definition) is 1. The van der Waals surface area contributed by atoms with Crippen LogP contribution >= 0.6 is 11.3 Å². The quantitative estimate of drug-likeness (QED) is 0.873. The Morgan fingerprint density at radius 2 is 2.12 bits per heavy atom. The summed E-state index contributed by atoms with van der Waals surface area (Å²) in [5, 5.41) is 11.6. The van der Waals surface area contributed by atoms with Gasteiger partial charge >= 0.3 is 0 Å².